The topological polar surface area (TPSA) is 113 Å². The number of carbonyl (C=O) groups excluding carboxylic acids is 1. The van der Waals surface area contributed by atoms with E-state index >= 15 is 0 Å². The molecule has 0 aliphatic carbocycles. The number of aromatic amines is 2. The second kappa shape index (κ2) is 7.75. The standard InChI is InChI=1S/C13H19N3O5/c17-11(8-20-7-10-3-1-2-4-21-10)14-5-9-6-15-13(19)16-12(9)18/h6,10H,1-5,7-8H2,(H,14,17)(H2,15,16,18,19)/t10-/m0/s1. The maximum absolute atomic E-state index is 11.6. The van der Waals surface area contributed by atoms with Gasteiger partial charge in [0.05, 0.1) is 18.3 Å². The lowest BCUT2D eigenvalue weighted by atomic mass is 10.1. The number of H-pyrrole nitrogens is 2. The van der Waals surface area contributed by atoms with Crippen LogP contribution in [-0.4, -0.2) is 41.8 Å². The average Bonchev–Trinajstić information content (AvgIpc) is 2.47. The fourth-order valence-corrected chi connectivity index (χ4v) is 2.04. The molecule has 1 aromatic heterocycles. The van der Waals surface area contributed by atoms with Gasteiger partial charge in [0.1, 0.15) is 6.61 Å². The van der Waals surface area contributed by atoms with Crippen LogP contribution in [0.5, 0.6) is 0 Å². The van der Waals surface area contributed by atoms with E-state index in [1.54, 1.807) is 0 Å². The van der Waals surface area contributed by atoms with Crippen molar-refractivity contribution in [3.63, 3.8) is 0 Å². The maximum Gasteiger partial charge on any atom is 0.325 e. The van der Waals surface area contributed by atoms with Crippen molar-refractivity contribution in [3.8, 4) is 0 Å². The van der Waals surface area contributed by atoms with Gasteiger partial charge >= 0.3 is 5.69 Å². The molecule has 3 N–H and O–H groups in total. The first-order valence-corrected chi connectivity index (χ1v) is 6.92. The Balaban J connectivity index is 1.67. The summed E-state index contributed by atoms with van der Waals surface area (Å²) in [5, 5.41) is 2.55. The smallest absolute Gasteiger partial charge is 0.325 e. The van der Waals surface area contributed by atoms with Crippen molar-refractivity contribution < 1.29 is 14.3 Å². The van der Waals surface area contributed by atoms with E-state index in [1.807, 2.05) is 0 Å². The van der Waals surface area contributed by atoms with Crippen LogP contribution in [0.1, 0.15) is 24.8 Å². The Bertz CT molecular complexity index is 574. The largest absolute Gasteiger partial charge is 0.376 e. The molecular weight excluding hydrogens is 278 g/mol. The normalized spacial score (nSPS) is 18.4. The van der Waals surface area contributed by atoms with Crippen molar-refractivity contribution in [1.29, 1.82) is 0 Å². The molecule has 1 aromatic rings. The van der Waals surface area contributed by atoms with E-state index in [4.69, 9.17) is 9.47 Å². The van der Waals surface area contributed by atoms with Gasteiger partial charge < -0.3 is 19.8 Å². The highest BCUT2D eigenvalue weighted by atomic mass is 16.5. The third-order valence-electron chi connectivity index (χ3n) is 3.18. The summed E-state index contributed by atoms with van der Waals surface area (Å²) in [6.45, 7) is 1.09. The molecular formula is C13H19N3O5. The molecule has 116 valence electrons. The second-order valence-corrected chi connectivity index (χ2v) is 4.88. The Morgan fingerprint density at radius 2 is 2.29 bits per heavy atom. The van der Waals surface area contributed by atoms with Crippen molar-refractivity contribution in [1.82, 2.24) is 15.3 Å². The fourth-order valence-electron chi connectivity index (χ4n) is 2.04. The second-order valence-electron chi connectivity index (χ2n) is 4.88. The molecule has 1 atom stereocenters. The van der Waals surface area contributed by atoms with Crippen LogP contribution in [0, 0.1) is 0 Å². The summed E-state index contributed by atoms with van der Waals surface area (Å²) in [5.74, 6) is -0.323. The molecule has 1 aliphatic heterocycles. The zero-order chi connectivity index (χ0) is 15.1. The molecule has 1 aliphatic rings. The van der Waals surface area contributed by atoms with E-state index in [1.165, 1.54) is 6.20 Å². The molecule has 2 rings (SSSR count). The molecule has 0 unspecified atom stereocenters. The zero-order valence-electron chi connectivity index (χ0n) is 11.6. The van der Waals surface area contributed by atoms with Crippen LogP contribution >= 0.6 is 0 Å². The Morgan fingerprint density at radius 3 is 3.00 bits per heavy atom. The molecule has 8 nitrogen and oxygen atoms in total. The molecule has 0 saturated carbocycles. The molecule has 0 spiro atoms. The molecule has 8 heteroatoms. The monoisotopic (exact) mass is 297 g/mol. The van der Waals surface area contributed by atoms with E-state index in [-0.39, 0.29) is 30.7 Å². The summed E-state index contributed by atoms with van der Waals surface area (Å²) in [6, 6.07) is 0. The molecule has 0 aromatic carbocycles. The first kappa shape index (κ1) is 15.5. The van der Waals surface area contributed by atoms with Crippen LogP contribution in [0.3, 0.4) is 0 Å². The van der Waals surface area contributed by atoms with E-state index in [0.717, 1.165) is 25.9 Å². The molecule has 0 radical (unpaired) electrons. The van der Waals surface area contributed by atoms with Gasteiger partial charge in [-0.25, -0.2) is 4.79 Å². The zero-order valence-corrected chi connectivity index (χ0v) is 11.6. The van der Waals surface area contributed by atoms with E-state index < -0.39 is 11.2 Å². The molecule has 1 amide bonds. The SMILES string of the molecule is O=C(COC[C@@H]1CCCCO1)NCc1c[nH]c(=O)[nH]c1=O. The number of hydrogen-bond acceptors (Lipinski definition) is 5. The highest BCUT2D eigenvalue weighted by molar-refractivity contribution is 5.77. The lowest BCUT2D eigenvalue weighted by molar-refractivity contribution is -0.128. The van der Waals surface area contributed by atoms with Crippen LogP contribution in [0.25, 0.3) is 0 Å². The van der Waals surface area contributed by atoms with Crippen LogP contribution in [0.15, 0.2) is 15.8 Å². The van der Waals surface area contributed by atoms with E-state index in [0.29, 0.717) is 6.61 Å². The number of ether oxygens (including phenoxy) is 2. The molecule has 21 heavy (non-hydrogen) atoms. The summed E-state index contributed by atoms with van der Waals surface area (Å²) in [6.07, 6.45) is 4.49. The fraction of sp³-hybridized carbons (Fsp3) is 0.615. The number of hydrogen-bond donors (Lipinski definition) is 3. The van der Waals surface area contributed by atoms with Gasteiger partial charge in [0.25, 0.3) is 5.56 Å². The van der Waals surface area contributed by atoms with Gasteiger partial charge in [0.15, 0.2) is 0 Å². The molecule has 1 fully saturated rings. The van der Waals surface area contributed by atoms with Gasteiger partial charge in [0, 0.05) is 19.3 Å². The first-order valence-electron chi connectivity index (χ1n) is 6.92. The van der Waals surface area contributed by atoms with E-state index in [9.17, 15) is 14.4 Å². The Hall–Kier alpha value is -1.93. The lowest BCUT2D eigenvalue weighted by Crippen LogP contribution is -2.33. The van der Waals surface area contributed by atoms with Crippen molar-refractivity contribution in [2.45, 2.75) is 31.9 Å². The van der Waals surface area contributed by atoms with Gasteiger partial charge in [-0.3, -0.25) is 14.6 Å². The van der Waals surface area contributed by atoms with Crippen molar-refractivity contribution in [2.75, 3.05) is 19.8 Å². The third-order valence-corrected chi connectivity index (χ3v) is 3.18. The Morgan fingerprint density at radius 1 is 1.43 bits per heavy atom. The van der Waals surface area contributed by atoms with Crippen molar-refractivity contribution >= 4 is 5.91 Å². The van der Waals surface area contributed by atoms with Gasteiger partial charge in [-0.15, -0.1) is 0 Å². The summed E-state index contributed by atoms with van der Waals surface area (Å²) in [7, 11) is 0. The highest BCUT2D eigenvalue weighted by Gasteiger charge is 2.14. The minimum absolute atomic E-state index is 0.0359. The minimum Gasteiger partial charge on any atom is -0.376 e. The predicted octanol–water partition coefficient (Wildman–Crippen LogP) is -0.735. The van der Waals surface area contributed by atoms with Gasteiger partial charge in [-0.1, -0.05) is 0 Å². The van der Waals surface area contributed by atoms with Crippen LogP contribution < -0.4 is 16.6 Å². The number of rotatable bonds is 6. The summed E-state index contributed by atoms with van der Waals surface area (Å²) in [4.78, 5) is 38.2. The molecule has 0 bridgehead atoms. The van der Waals surface area contributed by atoms with Gasteiger partial charge in [-0.2, -0.15) is 0 Å². The van der Waals surface area contributed by atoms with Crippen molar-refractivity contribution in [3.05, 3.63) is 32.6 Å². The lowest BCUT2D eigenvalue weighted by Gasteiger charge is -2.22. The predicted molar refractivity (Wildman–Crippen MR) is 73.9 cm³/mol. The first-order chi connectivity index (χ1) is 10.1. The van der Waals surface area contributed by atoms with Crippen molar-refractivity contribution in [2.24, 2.45) is 0 Å². The Kier molecular flexibility index (Phi) is 5.70. The molecule has 2 heterocycles. The quantitative estimate of drug-likeness (QED) is 0.640. The Labute approximate surface area is 120 Å². The highest BCUT2D eigenvalue weighted by Crippen LogP contribution is 2.12. The molecule has 1 saturated heterocycles. The summed E-state index contributed by atoms with van der Waals surface area (Å²) < 4.78 is 10.8. The van der Waals surface area contributed by atoms with Gasteiger partial charge in [-0.05, 0) is 19.3 Å². The average molecular weight is 297 g/mol. The van der Waals surface area contributed by atoms with Crippen LogP contribution in [-0.2, 0) is 20.8 Å². The summed E-state index contributed by atoms with van der Waals surface area (Å²) in [5.41, 5.74) is -0.819. The number of aromatic nitrogens is 2. The van der Waals surface area contributed by atoms with E-state index in [2.05, 4.69) is 15.3 Å². The number of nitrogens with one attached hydrogen (secondary N) is 3. The minimum atomic E-state index is -0.578. The number of carbonyl (C=O) groups is 1. The van der Waals surface area contributed by atoms with Crippen LogP contribution in [0.2, 0.25) is 0 Å². The third kappa shape index (κ3) is 5.16. The van der Waals surface area contributed by atoms with Gasteiger partial charge in [0.2, 0.25) is 5.91 Å². The maximum atomic E-state index is 11.6. The van der Waals surface area contributed by atoms with Crippen LogP contribution in [0.4, 0.5) is 0 Å². The number of amides is 1. The summed E-state index contributed by atoms with van der Waals surface area (Å²) >= 11 is 0.